The highest BCUT2D eigenvalue weighted by atomic mass is 32.2. The number of aryl methyl sites for hydroxylation is 2. The Kier molecular flexibility index (Phi) is 5.04. The van der Waals surface area contributed by atoms with E-state index < -0.39 is 4.92 Å². The molecular weight excluding hydrogens is 480 g/mol. The molecule has 8 nitrogen and oxygen atoms in total. The summed E-state index contributed by atoms with van der Waals surface area (Å²) in [5.41, 5.74) is 1.79. The summed E-state index contributed by atoms with van der Waals surface area (Å²) in [7, 11) is 0. The molecule has 1 aliphatic carbocycles. The van der Waals surface area contributed by atoms with E-state index in [-0.39, 0.29) is 11.2 Å². The third kappa shape index (κ3) is 3.75. The Morgan fingerprint density at radius 1 is 1.09 bits per heavy atom. The summed E-state index contributed by atoms with van der Waals surface area (Å²) in [5.74, 6) is 0.896. The number of nitro groups is 1. The van der Waals surface area contributed by atoms with Gasteiger partial charge in [-0.25, -0.2) is 9.97 Å². The summed E-state index contributed by atoms with van der Waals surface area (Å²) in [6, 6.07) is 8.21. The van der Waals surface area contributed by atoms with E-state index in [9.17, 15) is 14.9 Å². The van der Waals surface area contributed by atoms with Gasteiger partial charge in [0.25, 0.3) is 11.2 Å². The summed E-state index contributed by atoms with van der Waals surface area (Å²) in [4.78, 5) is 37.6. The van der Waals surface area contributed by atoms with Crippen LogP contribution in [0.4, 0.5) is 5.69 Å². The number of nitrogens with one attached hydrogen (secondary N) is 1. The number of rotatable bonds is 4. The molecule has 1 aliphatic rings. The number of nitro benzene ring substituents is 1. The Balaban J connectivity index is 1.30. The fourth-order valence-electron chi connectivity index (χ4n) is 4.10. The summed E-state index contributed by atoms with van der Waals surface area (Å²) in [6.07, 6.45) is 5.41. The number of furan rings is 1. The Labute approximate surface area is 198 Å². The largest absolute Gasteiger partial charge is 0.446 e. The third-order valence-corrected chi connectivity index (χ3v) is 8.83. The van der Waals surface area contributed by atoms with Crippen LogP contribution in [0.3, 0.4) is 0 Å². The molecule has 0 amide bonds. The van der Waals surface area contributed by atoms with Gasteiger partial charge in [-0.2, -0.15) is 0 Å². The van der Waals surface area contributed by atoms with Crippen LogP contribution in [0.15, 0.2) is 49.0 Å². The van der Waals surface area contributed by atoms with E-state index >= 15 is 0 Å². The number of non-ortho nitro benzene ring substituents is 1. The first-order valence-corrected chi connectivity index (χ1v) is 12.9. The van der Waals surface area contributed by atoms with Crippen molar-refractivity contribution in [2.45, 2.75) is 41.5 Å². The van der Waals surface area contributed by atoms with E-state index in [1.54, 1.807) is 23.5 Å². The molecule has 0 fully saturated rings. The molecule has 0 spiro atoms. The minimum atomic E-state index is -0.416. The van der Waals surface area contributed by atoms with E-state index in [1.165, 1.54) is 52.1 Å². The summed E-state index contributed by atoms with van der Waals surface area (Å²) in [6.45, 7) is 0. The number of aromatic amines is 1. The lowest BCUT2D eigenvalue weighted by atomic mass is 10.1. The molecule has 0 unspecified atom stereocenters. The van der Waals surface area contributed by atoms with E-state index in [0.717, 1.165) is 40.6 Å². The zero-order valence-corrected chi connectivity index (χ0v) is 19.6. The van der Waals surface area contributed by atoms with Crippen molar-refractivity contribution in [2.75, 3.05) is 0 Å². The van der Waals surface area contributed by atoms with Crippen molar-refractivity contribution < 1.29 is 9.34 Å². The Morgan fingerprint density at radius 2 is 1.97 bits per heavy atom. The van der Waals surface area contributed by atoms with Gasteiger partial charge < -0.3 is 9.40 Å². The predicted octanol–water partition coefficient (Wildman–Crippen LogP) is 6.18. The van der Waals surface area contributed by atoms with Gasteiger partial charge in [0.05, 0.1) is 20.5 Å². The van der Waals surface area contributed by atoms with Crippen molar-refractivity contribution in [3.8, 4) is 11.6 Å². The van der Waals surface area contributed by atoms with Crippen LogP contribution in [-0.4, -0.2) is 19.9 Å². The van der Waals surface area contributed by atoms with Gasteiger partial charge in [0, 0.05) is 17.0 Å². The Bertz CT molecular complexity index is 1600. The van der Waals surface area contributed by atoms with E-state index in [1.807, 2.05) is 6.07 Å². The van der Waals surface area contributed by atoms with Crippen LogP contribution in [0.2, 0.25) is 0 Å². The van der Waals surface area contributed by atoms with Gasteiger partial charge in [-0.1, -0.05) is 6.42 Å². The molecule has 1 aromatic carbocycles. The van der Waals surface area contributed by atoms with Crippen LogP contribution in [0, 0.1) is 10.1 Å². The van der Waals surface area contributed by atoms with Crippen molar-refractivity contribution in [3.63, 3.8) is 0 Å². The smallest absolute Gasteiger partial charge is 0.270 e. The molecule has 0 aliphatic heterocycles. The quantitative estimate of drug-likeness (QED) is 0.179. The molecule has 0 atom stereocenters. The normalized spacial score (nSPS) is 13.9. The van der Waals surface area contributed by atoms with Crippen LogP contribution in [0.25, 0.3) is 32.0 Å². The molecule has 6 rings (SSSR count). The van der Waals surface area contributed by atoms with Crippen molar-refractivity contribution in [1.82, 2.24) is 15.0 Å². The summed E-state index contributed by atoms with van der Waals surface area (Å²) in [5, 5.41) is 12.3. The molecule has 0 bridgehead atoms. The maximum atomic E-state index is 12.9. The lowest BCUT2D eigenvalue weighted by molar-refractivity contribution is -0.384. The van der Waals surface area contributed by atoms with Crippen LogP contribution in [-0.2, 0) is 12.8 Å². The van der Waals surface area contributed by atoms with Gasteiger partial charge in [0.2, 0.25) is 0 Å². The Morgan fingerprint density at radius 3 is 2.85 bits per heavy atom. The minimum absolute atomic E-state index is 0.0410. The zero-order valence-electron chi connectivity index (χ0n) is 17.1. The molecule has 5 aromatic rings. The molecule has 4 aromatic heterocycles. The number of hydrogen-bond acceptors (Lipinski definition) is 9. The number of aromatic nitrogens is 3. The second-order valence-corrected chi connectivity index (χ2v) is 11.1. The highest BCUT2D eigenvalue weighted by Crippen LogP contribution is 2.38. The van der Waals surface area contributed by atoms with Gasteiger partial charge in [-0.3, -0.25) is 14.9 Å². The summed E-state index contributed by atoms with van der Waals surface area (Å²) < 4.78 is 7.41. The number of nitrogens with zero attached hydrogens (tertiary/aromatic N) is 3. The van der Waals surface area contributed by atoms with Crippen LogP contribution < -0.4 is 5.56 Å². The second kappa shape index (κ2) is 8.08. The van der Waals surface area contributed by atoms with Gasteiger partial charge in [0.1, 0.15) is 4.83 Å². The lowest BCUT2D eigenvalue weighted by Gasteiger charge is -1.99. The van der Waals surface area contributed by atoms with E-state index in [4.69, 9.17) is 9.40 Å². The van der Waals surface area contributed by atoms with Gasteiger partial charge in [0.15, 0.2) is 21.0 Å². The first kappa shape index (κ1) is 20.6. The molecule has 4 heterocycles. The number of benzene rings is 1. The molecule has 1 N–H and O–H groups in total. The predicted molar refractivity (Wildman–Crippen MR) is 130 cm³/mol. The maximum absolute atomic E-state index is 12.9. The first-order valence-electron chi connectivity index (χ1n) is 10.4. The van der Waals surface area contributed by atoms with Crippen molar-refractivity contribution >= 4 is 60.6 Å². The third-order valence-electron chi connectivity index (χ3n) is 5.64. The Hall–Kier alpha value is -3.02. The molecule has 166 valence electrons. The second-order valence-electron chi connectivity index (χ2n) is 7.77. The fraction of sp³-hybridized carbons (Fsp3) is 0.227. The van der Waals surface area contributed by atoms with Crippen LogP contribution in [0.5, 0.6) is 0 Å². The van der Waals surface area contributed by atoms with Gasteiger partial charge in [-0.15, -0.1) is 22.7 Å². The molecule has 33 heavy (non-hydrogen) atoms. The standard InChI is InChI=1S/C22H16N4O4S3/c27-20-18-12-4-2-1-3-5-15(12)31-21(18)25-19(24-20)14-8-9-17(30-14)33-22-23-13-7-6-11(26(28)29)10-16(13)32-22/h6-10H,1-5H2,(H,24,25,27). The topological polar surface area (TPSA) is 115 Å². The van der Waals surface area contributed by atoms with E-state index in [2.05, 4.69) is 9.97 Å². The first-order chi connectivity index (χ1) is 16.0. The SMILES string of the molecule is O=c1[nH]c(-c2ccc(Sc3nc4ccc([N+](=O)[O-])cc4s3)o2)nc2sc3c(c12)CCCCC3. The van der Waals surface area contributed by atoms with Crippen molar-refractivity contribution in [1.29, 1.82) is 0 Å². The minimum Gasteiger partial charge on any atom is -0.446 e. The van der Waals surface area contributed by atoms with Crippen molar-refractivity contribution in [2.24, 2.45) is 0 Å². The molecule has 0 saturated heterocycles. The summed E-state index contributed by atoms with van der Waals surface area (Å²) >= 11 is 4.31. The van der Waals surface area contributed by atoms with E-state index in [0.29, 0.717) is 26.5 Å². The number of H-pyrrole nitrogens is 1. The van der Waals surface area contributed by atoms with Gasteiger partial charge >= 0.3 is 0 Å². The van der Waals surface area contributed by atoms with Crippen LogP contribution in [0.1, 0.15) is 29.7 Å². The fourth-order valence-corrected chi connectivity index (χ4v) is 7.35. The highest BCUT2D eigenvalue weighted by molar-refractivity contribution is 8.01. The van der Waals surface area contributed by atoms with Gasteiger partial charge in [-0.05, 0) is 61.2 Å². The monoisotopic (exact) mass is 496 g/mol. The number of thiophene rings is 1. The van der Waals surface area contributed by atoms with Crippen LogP contribution >= 0.6 is 34.4 Å². The number of fused-ring (bicyclic) bond motifs is 4. The average molecular weight is 497 g/mol. The molecule has 11 heteroatoms. The maximum Gasteiger partial charge on any atom is 0.270 e. The number of thiazole rings is 1. The highest BCUT2D eigenvalue weighted by Gasteiger charge is 2.20. The lowest BCUT2D eigenvalue weighted by Crippen LogP contribution is -2.09. The molecular formula is C22H16N4O4S3. The zero-order chi connectivity index (χ0) is 22.5. The average Bonchev–Trinajstić information content (AvgIpc) is 3.46. The number of hydrogen-bond donors (Lipinski definition) is 1. The molecule has 0 radical (unpaired) electrons. The van der Waals surface area contributed by atoms with Crippen molar-refractivity contribution in [3.05, 3.63) is 61.2 Å². The molecule has 0 saturated carbocycles.